The lowest BCUT2D eigenvalue weighted by atomic mass is 10.2. The molecule has 0 aliphatic heterocycles. The smallest absolute Gasteiger partial charge is 0.153 e. The number of hydrogen-bond acceptors (Lipinski definition) is 2. The molecule has 17 heavy (non-hydrogen) atoms. The first-order chi connectivity index (χ1) is 8.11. The van der Waals surface area contributed by atoms with Crippen molar-refractivity contribution in [1.82, 2.24) is 9.78 Å². The second-order valence-corrected chi connectivity index (χ2v) is 3.99. The van der Waals surface area contributed by atoms with E-state index in [9.17, 15) is 9.18 Å². The van der Waals surface area contributed by atoms with Gasteiger partial charge in [-0.3, -0.25) is 9.48 Å². The van der Waals surface area contributed by atoms with E-state index in [1.165, 1.54) is 12.1 Å². The molecule has 1 aromatic heterocycles. The highest BCUT2D eigenvalue weighted by Gasteiger charge is 2.10. The molecule has 4 heteroatoms. The van der Waals surface area contributed by atoms with Crippen LogP contribution >= 0.6 is 0 Å². The third kappa shape index (κ3) is 2.25. The van der Waals surface area contributed by atoms with Crippen LogP contribution in [0.2, 0.25) is 0 Å². The van der Waals surface area contributed by atoms with E-state index in [1.54, 1.807) is 23.7 Å². The highest BCUT2D eigenvalue weighted by molar-refractivity contribution is 5.78. The largest absolute Gasteiger partial charge is 0.298 e. The van der Waals surface area contributed by atoms with E-state index in [1.807, 2.05) is 6.92 Å². The molecule has 0 bridgehead atoms. The Labute approximate surface area is 98.9 Å². The fourth-order valence-corrected chi connectivity index (χ4v) is 1.80. The molecule has 0 saturated heterocycles. The van der Waals surface area contributed by atoms with Crippen molar-refractivity contribution in [3.8, 4) is 0 Å². The van der Waals surface area contributed by atoms with Gasteiger partial charge < -0.3 is 0 Å². The average Bonchev–Trinajstić information content (AvgIpc) is 2.57. The number of rotatable bonds is 3. The Morgan fingerprint density at radius 1 is 1.29 bits per heavy atom. The summed E-state index contributed by atoms with van der Waals surface area (Å²) in [6.45, 7) is 4.20. The van der Waals surface area contributed by atoms with Gasteiger partial charge in [0, 0.05) is 5.69 Å². The molecule has 3 nitrogen and oxygen atoms in total. The summed E-state index contributed by atoms with van der Waals surface area (Å²) in [5.41, 5.74) is 3.14. The molecule has 0 amide bonds. The van der Waals surface area contributed by atoms with Crippen LogP contribution in [0.4, 0.5) is 4.39 Å². The number of halogens is 1. The first-order valence-electron chi connectivity index (χ1n) is 5.35. The standard InChI is InChI=1S/C13H13FN2O/c1-9-13(8-17)10(2)16(15-9)7-11-3-5-12(14)6-4-11/h3-6,8H,7H2,1-2H3. The first kappa shape index (κ1) is 11.5. The molecule has 0 saturated carbocycles. The molecule has 0 N–H and O–H groups in total. The molecule has 1 aromatic carbocycles. The van der Waals surface area contributed by atoms with Crippen molar-refractivity contribution in [2.24, 2.45) is 0 Å². The van der Waals surface area contributed by atoms with Crippen LogP contribution in [0.3, 0.4) is 0 Å². The van der Waals surface area contributed by atoms with Crippen LogP contribution in [-0.4, -0.2) is 16.1 Å². The van der Waals surface area contributed by atoms with Crippen molar-refractivity contribution >= 4 is 6.29 Å². The topological polar surface area (TPSA) is 34.9 Å². The molecule has 0 atom stereocenters. The van der Waals surface area contributed by atoms with Crippen LogP contribution < -0.4 is 0 Å². The predicted octanol–water partition coefficient (Wildman–Crippen LogP) is 2.50. The zero-order valence-electron chi connectivity index (χ0n) is 9.77. The van der Waals surface area contributed by atoms with Gasteiger partial charge in [0.2, 0.25) is 0 Å². The average molecular weight is 232 g/mol. The number of aromatic nitrogens is 2. The van der Waals surface area contributed by atoms with Crippen LogP contribution in [0.25, 0.3) is 0 Å². The van der Waals surface area contributed by atoms with E-state index < -0.39 is 0 Å². The number of aryl methyl sites for hydroxylation is 1. The zero-order valence-corrected chi connectivity index (χ0v) is 9.77. The highest BCUT2D eigenvalue weighted by Crippen LogP contribution is 2.12. The van der Waals surface area contributed by atoms with Crippen molar-refractivity contribution in [3.63, 3.8) is 0 Å². The predicted molar refractivity (Wildman–Crippen MR) is 62.6 cm³/mol. The number of benzene rings is 1. The minimum absolute atomic E-state index is 0.254. The molecular weight excluding hydrogens is 219 g/mol. The number of carbonyl (C=O) groups is 1. The Morgan fingerprint density at radius 2 is 1.94 bits per heavy atom. The third-order valence-electron chi connectivity index (χ3n) is 2.80. The minimum Gasteiger partial charge on any atom is -0.298 e. The number of hydrogen-bond donors (Lipinski definition) is 0. The van der Waals surface area contributed by atoms with E-state index >= 15 is 0 Å². The Balaban J connectivity index is 2.30. The SMILES string of the molecule is Cc1nn(Cc2ccc(F)cc2)c(C)c1C=O. The lowest BCUT2D eigenvalue weighted by Crippen LogP contribution is -2.04. The molecule has 0 fully saturated rings. The number of nitrogens with zero attached hydrogens (tertiary/aromatic N) is 2. The second-order valence-electron chi connectivity index (χ2n) is 3.99. The second kappa shape index (κ2) is 4.49. The maximum Gasteiger partial charge on any atom is 0.153 e. The zero-order chi connectivity index (χ0) is 12.4. The van der Waals surface area contributed by atoms with Gasteiger partial charge in [-0.15, -0.1) is 0 Å². The highest BCUT2D eigenvalue weighted by atomic mass is 19.1. The normalized spacial score (nSPS) is 10.5. The van der Waals surface area contributed by atoms with E-state index in [0.29, 0.717) is 12.1 Å². The van der Waals surface area contributed by atoms with Crippen molar-refractivity contribution in [1.29, 1.82) is 0 Å². The van der Waals surface area contributed by atoms with Gasteiger partial charge in [-0.05, 0) is 31.5 Å². The molecular formula is C13H13FN2O. The fraction of sp³-hybridized carbons (Fsp3) is 0.231. The molecule has 2 aromatic rings. The first-order valence-corrected chi connectivity index (χ1v) is 5.35. The van der Waals surface area contributed by atoms with Crippen LogP contribution in [0, 0.1) is 19.7 Å². The van der Waals surface area contributed by atoms with Crippen LogP contribution in [0.5, 0.6) is 0 Å². The van der Waals surface area contributed by atoms with Crippen molar-refractivity contribution in [2.45, 2.75) is 20.4 Å². The minimum atomic E-state index is -0.254. The molecule has 0 radical (unpaired) electrons. The lowest BCUT2D eigenvalue weighted by molar-refractivity contribution is 0.112. The molecule has 1 heterocycles. The summed E-state index contributed by atoms with van der Waals surface area (Å²) in [7, 11) is 0. The number of aldehydes is 1. The Hall–Kier alpha value is -1.97. The van der Waals surface area contributed by atoms with Gasteiger partial charge in [0.1, 0.15) is 5.82 Å². The third-order valence-corrected chi connectivity index (χ3v) is 2.80. The Morgan fingerprint density at radius 3 is 2.47 bits per heavy atom. The molecule has 0 unspecified atom stereocenters. The van der Waals surface area contributed by atoms with E-state index in [-0.39, 0.29) is 5.82 Å². The Kier molecular flexibility index (Phi) is 3.04. The van der Waals surface area contributed by atoms with Crippen molar-refractivity contribution in [3.05, 3.63) is 52.6 Å². The van der Waals surface area contributed by atoms with Crippen LogP contribution in [0.15, 0.2) is 24.3 Å². The summed E-state index contributed by atoms with van der Waals surface area (Å²) in [4.78, 5) is 10.9. The fourth-order valence-electron chi connectivity index (χ4n) is 1.80. The van der Waals surface area contributed by atoms with Gasteiger partial charge in [-0.1, -0.05) is 12.1 Å². The summed E-state index contributed by atoms with van der Waals surface area (Å²) in [6, 6.07) is 6.27. The van der Waals surface area contributed by atoms with E-state index in [4.69, 9.17) is 0 Å². The van der Waals surface area contributed by atoms with Gasteiger partial charge >= 0.3 is 0 Å². The molecule has 0 aliphatic rings. The summed E-state index contributed by atoms with van der Waals surface area (Å²) in [6.07, 6.45) is 0.818. The molecule has 88 valence electrons. The maximum atomic E-state index is 12.8. The van der Waals surface area contributed by atoms with Crippen LogP contribution in [-0.2, 0) is 6.54 Å². The van der Waals surface area contributed by atoms with Gasteiger partial charge in [0.15, 0.2) is 6.29 Å². The van der Waals surface area contributed by atoms with Gasteiger partial charge in [-0.2, -0.15) is 5.10 Å². The molecule has 0 spiro atoms. The van der Waals surface area contributed by atoms with Crippen molar-refractivity contribution in [2.75, 3.05) is 0 Å². The summed E-state index contributed by atoms with van der Waals surface area (Å²) < 4.78 is 14.5. The quantitative estimate of drug-likeness (QED) is 0.762. The summed E-state index contributed by atoms with van der Waals surface area (Å²) >= 11 is 0. The maximum absolute atomic E-state index is 12.8. The lowest BCUT2D eigenvalue weighted by Gasteiger charge is -2.04. The Bertz CT molecular complexity index is 543. The monoisotopic (exact) mass is 232 g/mol. The van der Waals surface area contributed by atoms with Gasteiger partial charge in [0.05, 0.1) is 17.8 Å². The van der Waals surface area contributed by atoms with Gasteiger partial charge in [0.25, 0.3) is 0 Å². The summed E-state index contributed by atoms with van der Waals surface area (Å²) in [5, 5.41) is 4.29. The van der Waals surface area contributed by atoms with Crippen LogP contribution in [0.1, 0.15) is 27.3 Å². The summed E-state index contributed by atoms with van der Waals surface area (Å²) in [5.74, 6) is -0.254. The number of carbonyl (C=O) groups excluding carboxylic acids is 1. The molecule has 0 aliphatic carbocycles. The van der Waals surface area contributed by atoms with Gasteiger partial charge in [-0.25, -0.2) is 4.39 Å². The van der Waals surface area contributed by atoms with Crippen molar-refractivity contribution < 1.29 is 9.18 Å². The molecule has 2 rings (SSSR count). The van der Waals surface area contributed by atoms with E-state index in [0.717, 1.165) is 23.2 Å². The van der Waals surface area contributed by atoms with E-state index in [2.05, 4.69) is 5.10 Å².